The summed E-state index contributed by atoms with van der Waals surface area (Å²) in [5.74, 6) is 0. The third kappa shape index (κ3) is 3.54. The number of hydrogen-bond acceptors (Lipinski definition) is 3. The summed E-state index contributed by atoms with van der Waals surface area (Å²) < 4.78 is 0. The molecule has 0 aromatic heterocycles. The van der Waals surface area contributed by atoms with Gasteiger partial charge in [0.1, 0.15) is 0 Å². The van der Waals surface area contributed by atoms with E-state index in [0.29, 0.717) is 6.54 Å². The predicted octanol–water partition coefficient (Wildman–Crippen LogP) is 5.25. The molecule has 0 amide bonds. The van der Waals surface area contributed by atoms with Crippen LogP contribution in [0.2, 0.25) is 0 Å². The number of rotatable bonds is 5. The lowest BCUT2D eigenvalue weighted by molar-refractivity contribution is -0.384. The SMILES string of the molecule is Cc1ccc([N+](=O)[O-])cc1CN(C)[C@H](C)c1cccc2ccccc12. The van der Waals surface area contributed by atoms with E-state index in [4.69, 9.17) is 0 Å². The van der Waals surface area contributed by atoms with Crippen molar-refractivity contribution in [2.45, 2.75) is 26.4 Å². The molecule has 0 aliphatic heterocycles. The summed E-state index contributed by atoms with van der Waals surface area (Å²) in [4.78, 5) is 12.9. The maximum atomic E-state index is 11.0. The molecule has 0 spiro atoms. The molecule has 4 nitrogen and oxygen atoms in total. The Bertz CT molecular complexity index is 915. The molecule has 0 unspecified atom stereocenters. The number of hydrogen-bond donors (Lipinski definition) is 0. The minimum atomic E-state index is -0.336. The van der Waals surface area contributed by atoms with Gasteiger partial charge in [-0.05, 0) is 48.4 Å². The number of non-ortho nitro benzene ring substituents is 1. The van der Waals surface area contributed by atoms with Crippen molar-refractivity contribution in [3.63, 3.8) is 0 Å². The van der Waals surface area contributed by atoms with Gasteiger partial charge in [0.2, 0.25) is 0 Å². The van der Waals surface area contributed by atoms with E-state index in [1.54, 1.807) is 12.1 Å². The van der Waals surface area contributed by atoms with Gasteiger partial charge in [0.15, 0.2) is 0 Å². The lowest BCUT2D eigenvalue weighted by Gasteiger charge is -2.27. The van der Waals surface area contributed by atoms with Crippen LogP contribution in [0, 0.1) is 17.0 Å². The third-order valence-corrected chi connectivity index (χ3v) is 4.90. The highest BCUT2D eigenvalue weighted by Crippen LogP contribution is 2.29. The summed E-state index contributed by atoms with van der Waals surface area (Å²) in [7, 11) is 2.06. The maximum Gasteiger partial charge on any atom is 0.269 e. The molecule has 0 N–H and O–H groups in total. The fourth-order valence-corrected chi connectivity index (χ4v) is 3.20. The Hall–Kier alpha value is -2.72. The van der Waals surface area contributed by atoms with Gasteiger partial charge in [-0.1, -0.05) is 48.5 Å². The Kier molecular flexibility index (Phi) is 4.81. The van der Waals surface area contributed by atoms with Gasteiger partial charge in [0.05, 0.1) is 4.92 Å². The van der Waals surface area contributed by atoms with Crippen molar-refractivity contribution in [2.75, 3.05) is 7.05 Å². The van der Waals surface area contributed by atoms with Crippen LogP contribution in [0.1, 0.15) is 29.7 Å². The molecule has 0 saturated carbocycles. The van der Waals surface area contributed by atoms with Crippen LogP contribution < -0.4 is 0 Å². The zero-order chi connectivity index (χ0) is 18.0. The second kappa shape index (κ2) is 7.03. The van der Waals surface area contributed by atoms with Crippen LogP contribution in [-0.4, -0.2) is 16.9 Å². The summed E-state index contributed by atoms with van der Waals surface area (Å²) in [5.41, 5.74) is 3.47. The van der Waals surface area contributed by atoms with Gasteiger partial charge < -0.3 is 0 Å². The molecular weight excluding hydrogens is 312 g/mol. The molecule has 128 valence electrons. The minimum absolute atomic E-state index is 0.145. The summed E-state index contributed by atoms with van der Waals surface area (Å²) in [6.07, 6.45) is 0. The van der Waals surface area contributed by atoms with Gasteiger partial charge in [-0.25, -0.2) is 0 Å². The van der Waals surface area contributed by atoms with Crippen LogP contribution in [0.15, 0.2) is 60.7 Å². The van der Waals surface area contributed by atoms with Gasteiger partial charge >= 0.3 is 0 Å². The smallest absolute Gasteiger partial charge is 0.269 e. The molecule has 0 radical (unpaired) electrons. The number of nitro groups is 1. The molecule has 0 saturated heterocycles. The average Bonchev–Trinajstić information content (AvgIpc) is 2.62. The number of nitro benzene ring substituents is 1. The van der Waals surface area contributed by atoms with E-state index >= 15 is 0 Å². The molecule has 0 aliphatic carbocycles. The molecule has 0 heterocycles. The molecule has 0 fully saturated rings. The molecule has 4 heteroatoms. The zero-order valence-corrected chi connectivity index (χ0v) is 14.8. The van der Waals surface area contributed by atoms with Gasteiger partial charge in [0, 0.05) is 24.7 Å². The first-order chi connectivity index (χ1) is 12.0. The second-order valence-electron chi connectivity index (χ2n) is 6.53. The highest BCUT2D eigenvalue weighted by Gasteiger charge is 2.17. The minimum Gasteiger partial charge on any atom is -0.295 e. The van der Waals surface area contributed by atoms with E-state index < -0.39 is 0 Å². The van der Waals surface area contributed by atoms with Gasteiger partial charge in [-0.3, -0.25) is 15.0 Å². The predicted molar refractivity (Wildman–Crippen MR) is 102 cm³/mol. The summed E-state index contributed by atoms with van der Waals surface area (Å²) in [5, 5.41) is 13.5. The molecule has 0 bridgehead atoms. The fraction of sp³-hybridized carbons (Fsp3) is 0.238. The number of nitrogens with zero attached hydrogens (tertiary/aromatic N) is 2. The van der Waals surface area contributed by atoms with Gasteiger partial charge in [0.25, 0.3) is 5.69 Å². The normalized spacial score (nSPS) is 12.5. The van der Waals surface area contributed by atoms with Crippen molar-refractivity contribution >= 4 is 16.5 Å². The van der Waals surface area contributed by atoms with Crippen LogP contribution in [0.4, 0.5) is 5.69 Å². The van der Waals surface area contributed by atoms with E-state index in [0.717, 1.165) is 11.1 Å². The van der Waals surface area contributed by atoms with E-state index in [2.05, 4.69) is 55.3 Å². The first-order valence-corrected chi connectivity index (χ1v) is 8.39. The molecule has 3 aromatic rings. The molecular formula is C21H22N2O2. The Morgan fingerprint density at radius 2 is 1.80 bits per heavy atom. The van der Waals surface area contributed by atoms with Crippen molar-refractivity contribution in [1.29, 1.82) is 0 Å². The maximum absolute atomic E-state index is 11.0. The lowest BCUT2D eigenvalue weighted by atomic mass is 9.98. The standard InChI is InChI=1S/C21H22N2O2/c1-15-11-12-19(23(24)25)13-18(15)14-22(3)16(2)20-10-6-8-17-7-4-5-9-21(17)20/h4-13,16H,14H2,1-3H3/t16-/m1/s1. The van der Waals surface area contributed by atoms with Crippen LogP contribution in [-0.2, 0) is 6.54 Å². The Morgan fingerprint density at radius 1 is 1.08 bits per heavy atom. The van der Waals surface area contributed by atoms with Crippen LogP contribution in [0.5, 0.6) is 0 Å². The largest absolute Gasteiger partial charge is 0.295 e. The fourth-order valence-electron chi connectivity index (χ4n) is 3.20. The van der Waals surface area contributed by atoms with E-state index in [1.165, 1.54) is 16.3 Å². The van der Waals surface area contributed by atoms with E-state index in [-0.39, 0.29) is 16.7 Å². The Balaban J connectivity index is 1.89. The molecule has 3 rings (SSSR count). The van der Waals surface area contributed by atoms with E-state index in [1.807, 2.05) is 19.1 Å². The molecule has 0 aliphatic rings. The first kappa shape index (κ1) is 17.1. The Labute approximate surface area is 147 Å². The highest BCUT2D eigenvalue weighted by molar-refractivity contribution is 5.86. The summed E-state index contributed by atoms with van der Waals surface area (Å²) >= 11 is 0. The monoisotopic (exact) mass is 334 g/mol. The van der Waals surface area contributed by atoms with Crippen molar-refractivity contribution in [1.82, 2.24) is 4.90 Å². The lowest BCUT2D eigenvalue weighted by Crippen LogP contribution is -2.22. The first-order valence-electron chi connectivity index (χ1n) is 8.39. The van der Waals surface area contributed by atoms with Gasteiger partial charge in [-0.15, -0.1) is 0 Å². The third-order valence-electron chi connectivity index (χ3n) is 4.90. The number of aryl methyl sites for hydroxylation is 1. The zero-order valence-electron chi connectivity index (χ0n) is 14.8. The number of fused-ring (bicyclic) bond motifs is 1. The number of benzene rings is 3. The van der Waals surface area contributed by atoms with Crippen molar-refractivity contribution in [3.8, 4) is 0 Å². The van der Waals surface area contributed by atoms with Crippen LogP contribution in [0.3, 0.4) is 0 Å². The Morgan fingerprint density at radius 3 is 2.56 bits per heavy atom. The summed E-state index contributed by atoms with van der Waals surface area (Å²) in [6, 6.07) is 20.0. The second-order valence-corrected chi connectivity index (χ2v) is 6.53. The van der Waals surface area contributed by atoms with Crippen molar-refractivity contribution in [3.05, 3.63) is 87.5 Å². The highest BCUT2D eigenvalue weighted by atomic mass is 16.6. The quantitative estimate of drug-likeness (QED) is 0.473. The molecule has 25 heavy (non-hydrogen) atoms. The van der Waals surface area contributed by atoms with Crippen LogP contribution in [0.25, 0.3) is 10.8 Å². The van der Waals surface area contributed by atoms with E-state index in [9.17, 15) is 10.1 Å². The average molecular weight is 334 g/mol. The van der Waals surface area contributed by atoms with Crippen molar-refractivity contribution < 1.29 is 4.92 Å². The topological polar surface area (TPSA) is 46.4 Å². The van der Waals surface area contributed by atoms with Crippen LogP contribution >= 0.6 is 0 Å². The van der Waals surface area contributed by atoms with Gasteiger partial charge in [-0.2, -0.15) is 0 Å². The molecule has 3 aromatic carbocycles. The van der Waals surface area contributed by atoms with Crippen molar-refractivity contribution in [2.24, 2.45) is 0 Å². The summed E-state index contributed by atoms with van der Waals surface area (Å²) in [6.45, 7) is 4.84. The molecule has 1 atom stereocenters.